The van der Waals surface area contributed by atoms with Crippen LogP contribution in [-0.2, 0) is 24.2 Å². The van der Waals surface area contributed by atoms with Crippen LogP contribution in [0.2, 0.25) is 0 Å². The van der Waals surface area contributed by atoms with Gasteiger partial charge in [-0.05, 0) is 35.7 Å². The lowest BCUT2D eigenvalue weighted by atomic mass is 10.1. The van der Waals surface area contributed by atoms with E-state index in [0.29, 0.717) is 31.2 Å². The average Bonchev–Trinajstić information content (AvgIpc) is 3.60. The van der Waals surface area contributed by atoms with E-state index < -0.39 is 0 Å². The van der Waals surface area contributed by atoms with Gasteiger partial charge in [-0.25, -0.2) is 4.98 Å². The van der Waals surface area contributed by atoms with Gasteiger partial charge in [0, 0.05) is 56.4 Å². The maximum absolute atomic E-state index is 12.6. The van der Waals surface area contributed by atoms with Gasteiger partial charge >= 0.3 is 0 Å². The van der Waals surface area contributed by atoms with E-state index >= 15 is 0 Å². The van der Waals surface area contributed by atoms with Crippen molar-refractivity contribution in [2.24, 2.45) is 0 Å². The Labute approximate surface area is 222 Å². The molecule has 0 aliphatic carbocycles. The zero-order chi connectivity index (χ0) is 26.2. The molecule has 9 heteroatoms. The molecular weight excluding hydrogens is 482 g/mol. The third-order valence-corrected chi connectivity index (χ3v) is 6.87. The van der Waals surface area contributed by atoms with Crippen LogP contribution in [0.1, 0.15) is 27.5 Å². The second-order valence-corrected chi connectivity index (χ2v) is 9.51. The third-order valence-electron chi connectivity index (χ3n) is 6.87. The Bertz CT molecular complexity index is 1330. The number of methoxy groups -OCH3 is 1. The summed E-state index contributed by atoms with van der Waals surface area (Å²) in [4.78, 5) is 25.1. The van der Waals surface area contributed by atoms with E-state index in [1.807, 2.05) is 24.3 Å². The van der Waals surface area contributed by atoms with E-state index in [4.69, 9.17) is 13.9 Å². The number of benzene rings is 2. The number of H-pyrrole nitrogens is 1. The van der Waals surface area contributed by atoms with Crippen LogP contribution in [-0.4, -0.2) is 78.7 Å². The minimum absolute atomic E-state index is 0.216. The van der Waals surface area contributed by atoms with Crippen molar-refractivity contribution in [1.29, 1.82) is 0 Å². The number of carbonyl (C=O) groups excluding carboxylic acids is 1. The monoisotopic (exact) mass is 517 g/mol. The van der Waals surface area contributed by atoms with Crippen molar-refractivity contribution in [3.05, 3.63) is 83.7 Å². The number of nitrogens with zero attached hydrogens (tertiary/aromatic N) is 3. The van der Waals surface area contributed by atoms with E-state index in [9.17, 15) is 4.79 Å². The summed E-state index contributed by atoms with van der Waals surface area (Å²) < 4.78 is 16.5. The molecule has 1 amide bonds. The Morgan fingerprint density at radius 3 is 2.89 bits per heavy atom. The van der Waals surface area contributed by atoms with E-state index in [-0.39, 0.29) is 5.91 Å². The second kappa shape index (κ2) is 12.7. The highest BCUT2D eigenvalue weighted by atomic mass is 16.5. The van der Waals surface area contributed by atoms with Gasteiger partial charge in [0.1, 0.15) is 12.0 Å². The molecule has 3 heterocycles. The van der Waals surface area contributed by atoms with E-state index in [1.54, 1.807) is 7.11 Å². The summed E-state index contributed by atoms with van der Waals surface area (Å²) in [7, 11) is 1.67. The van der Waals surface area contributed by atoms with Crippen LogP contribution in [0.15, 0.2) is 65.4 Å². The lowest BCUT2D eigenvalue weighted by molar-refractivity contribution is 0.0383. The Morgan fingerprint density at radius 2 is 2.03 bits per heavy atom. The summed E-state index contributed by atoms with van der Waals surface area (Å²) >= 11 is 0. The van der Waals surface area contributed by atoms with Gasteiger partial charge in [0.05, 0.1) is 26.9 Å². The topological polar surface area (TPSA) is 95.9 Å². The second-order valence-electron chi connectivity index (χ2n) is 9.51. The molecule has 1 saturated heterocycles. The lowest BCUT2D eigenvalue weighted by Crippen LogP contribution is -2.41. The number of nitrogens with one attached hydrogen (secondary N) is 2. The van der Waals surface area contributed by atoms with Crippen LogP contribution in [0.25, 0.3) is 10.9 Å². The lowest BCUT2D eigenvalue weighted by Gasteiger charge is -2.26. The fraction of sp³-hybridized carbons (Fsp3) is 0.379. The van der Waals surface area contributed by atoms with Gasteiger partial charge in [-0.15, -0.1) is 0 Å². The maximum Gasteiger partial charge on any atom is 0.273 e. The molecular formula is C29H35N5O4. The molecule has 1 aliphatic heterocycles. The van der Waals surface area contributed by atoms with Crippen LogP contribution in [0.3, 0.4) is 0 Å². The average molecular weight is 518 g/mol. The normalized spacial score (nSPS) is 14.3. The molecule has 2 aromatic carbocycles. The van der Waals surface area contributed by atoms with Crippen molar-refractivity contribution < 1.29 is 18.7 Å². The van der Waals surface area contributed by atoms with E-state index in [2.05, 4.69) is 55.5 Å². The summed E-state index contributed by atoms with van der Waals surface area (Å²) in [5, 5.41) is 4.19. The predicted octanol–water partition coefficient (Wildman–Crippen LogP) is 3.47. The molecule has 38 heavy (non-hydrogen) atoms. The Balaban J connectivity index is 1.22. The zero-order valence-electron chi connectivity index (χ0n) is 21.8. The summed E-state index contributed by atoms with van der Waals surface area (Å²) in [6.45, 7) is 6.61. The number of amides is 1. The number of oxazole rings is 1. The smallest absolute Gasteiger partial charge is 0.273 e. The van der Waals surface area contributed by atoms with Gasteiger partial charge in [-0.2, -0.15) is 0 Å². The standard InChI is InChI=1S/C29H35N5O4/c1-36-24-6-4-5-22(17-24)19-34(11-9-23-18-31-26-8-3-2-7-25(23)26)20-28-32-27(21-38-28)29(35)30-10-12-33-13-15-37-16-14-33/h2-8,17-18,21,31H,9-16,19-20H2,1H3,(H,30,35). The molecule has 0 radical (unpaired) electrons. The molecule has 1 aliphatic rings. The van der Waals surface area contributed by atoms with Crippen LogP contribution in [0.5, 0.6) is 5.75 Å². The summed E-state index contributed by atoms with van der Waals surface area (Å²) in [5.74, 6) is 1.13. The molecule has 4 aromatic rings. The Kier molecular flexibility index (Phi) is 8.70. The molecule has 0 unspecified atom stereocenters. The Hall–Kier alpha value is -3.66. The highest BCUT2D eigenvalue weighted by Crippen LogP contribution is 2.20. The summed E-state index contributed by atoms with van der Waals surface area (Å²) in [6.07, 6.45) is 4.39. The van der Waals surface area contributed by atoms with Crippen molar-refractivity contribution in [2.45, 2.75) is 19.5 Å². The highest BCUT2D eigenvalue weighted by molar-refractivity contribution is 5.91. The van der Waals surface area contributed by atoms with Crippen molar-refractivity contribution in [3.8, 4) is 5.75 Å². The van der Waals surface area contributed by atoms with Gasteiger partial charge < -0.3 is 24.2 Å². The number of hydrogen-bond acceptors (Lipinski definition) is 7. The highest BCUT2D eigenvalue weighted by Gasteiger charge is 2.17. The number of hydrogen-bond donors (Lipinski definition) is 2. The van der Waals surface area contributed by atoms with E-state index in [0.717, 1.165) is 62.6 Å². The minimum atomic E-state index is -0.216. The fourth-order valence-corrected chi connectivity index (χ4v) is 4.78. The molecule has 0 saturated carbocycles. The summed E-state index contributed by atoms with van der Waals surface area (Å²) in [5.41, 5.74) is 3.85. The molecule has 0 atom stereocenters. The van der Waals surface area contributed by atoms with Crippen LogP contribution in [0.4, 0.5) is 0 Å². The van der Waals surface area contributed by atoms with Gasteiger partial charge in [0.25, 0.3) is 5.91 Å². The van der Waals surface area contributed by atoms with Crippen LogP contribution < -0.4 is 10.1 Å². The zero-order valence-corrected chi connectivity index (χ0v) is 21.8. The van der Waals surface area contributed by atoms with Crippen LogP contribution >= 0.6 is 0 Å². The quantitative estimate of drug-likeness (QED) is 0.297. The molecule has 2 N–H and O–H groups in total. The Morgan fingerprint density at radius 1 is 1.16 bits per heavy atom. The number of aromatic nitrogens is 2. The molecule has 1 fully saturated rings. The first-order valence-corrected chi connectivity index (χ1v) is 13.1. The SMILES string of the molecule is COc1cccc(CN(CCc2c[nH]c3ccccc23)Cc2nc(C(=O)NCCN3CCOCC3)co2)c1. The number of ether oxygens (including phenoxy) is 2. The molecule has 0 spiro atoms. The van der Waals surface area contributed by atoms with Crippen molar-refractivity contribution in [1.82, 2.24) is 25.1 Å². The molecule has 9 nitrogen and oxygen atoms in total. The number of fused-ring (bicyclic) bond motifs is 1. The first kappa shape index (κ1) is 26.0. The van der Waals surface area contributed by atoms with Gasteiger partial charge in [0.2, 0.25) is 5.89 Å². The minimum Gasteiger partial charge on any atom is -0.497 e. The number of carbonyl (C=O) groups is 1. The van der Waals surface area contributed by atoms with Crippen molar-refractivity contribution in [3.63, 3.8) is 0 Å². The summed E-state index contributed by atoms with van der Waals surface area (Å²) in [6, 6.07) is 16.4. The third kappa shape index (κ3) is 6.80. The number of morpholine rings is 1. The molecule has 0 bridgehead atoms. The van der Waals surface area contributed by atoms with E-state index in [1.165, 1.54) is 17.2 Å². The first-order chi connectivity index (χ1) is 18.7. The first-order valence-electron chi connectivity index (χ1n) is 13.1. The molecule has 5 rings (SSSR count). The predicted molar refractivity (Wildman–Crippen MR) is 145 cm³/mol. The van der Waals surface area contributed by atoms with Gasteiger partial charge in [-0.3, -0.25) is 14.6 Å². The largest absolute Gasteiger partial charge is 0.497 e. The fourth-order valence-electron chi connectivity index (χ4n) is 4.78. The number of rotatable bonds is 12. The van der Waals surface area contributed by atoms with Gasteiger partial charge in [-0.1, -0.05) is 30.3 Å². The number of aromatic amines is 1. The molecule has 200 valence electrons. The maximum atomic E-state index is 12.6. The van der Waals surface area contributed by atoms with Crippen molar-refractivity contribution in [2.75, 3.05) is 53.0 Å². The van der Waals surface area contributed by atoms with Crippen molar-refractivity contribution >= 4 is 16.8 Å². The number of para-hydroxylation sites is 1. The van der Waals surface area contributed by atoms with Crippen LogP contribution in [0, 0.1) is 0 Å². The van der Waals surface area contributed by atoms with Gasteiger partial charge in [0.15, 0.2) is 5.69 Å². The molecule has 2 aromatic heterocycles.